The normalized spacial score (nSPS) is 18.7. The predicted molar refractivity (Wildman–Crippen MR) is 107 cm³/mol. The SMILES string of the molecule is CC[C@H](C)N1C(=O)CC[C@@H]1c1c(-c2ccccc2)n(C)c2ccccc12. The van der Waals surface area contributed by atoms with E-state index in [1.165, 1.54) is 27.7 Å². The lowest BCUT2D eigenvalue weighted by Gasteiger charge is -2.31. The van der Waals surface area contributed by atoms with Gasteiger partial charge in [0.25, 0.3) is 0 Å². The minimum atomic E-state index is 0.152. The number of fused-ring (bicyclic) bond motifs is 1. The average Bonchev–Trinajstić information content (AvgIpc) is 3.19. The number of rotatable bonds is 4. The number of aromatic nitrogens is 1. The zero-order valence-corrected chi connectivity index (χ0v) is 15.8. The van der Waals surface area contributed by atoms with Crippen molar-refractivity contribution in [2.75, 3.05) is 0 Å². The molecule has 0 aliphatic carbocycles. The Morgan fingerprint density at radius 2 is 1.77 bits per heavy atom. The second kappa shape index (κ2) is 6.64. The van der Waals surface area contributed by atoms with Gasteiger partial charge in [0.05, 0.1) is 11.7 Å². The Morgan fingerprint density at radius 1 is 1.08 bits per heavy atom. The quantitative estimate of drug-likeness (QED) is 0.629. The van der Waals surface area contributed by atoms with Crippen molar-refractivity contribution in [1.82, 2.24) is 9.47 Å². The molecule has 134 valence electrons. The highest BCUT2D eigenvalue weighted by molar-refractivity contribution is 5.93. The van der Waals surface area contributed by atoms with Crippen LogP contribution in [0.4, 0.5) is 0 Å². The van der Waals surface area contributed by atoms with Crippen LogP contribution in [-0.2, 0) is 11.8 Å². The van der Waals surface area contributed by atoms with E-state index in [-0.39, 0.29) is 18.0 Å². The van der Waals surface area contributed by atoms with Crippen LogP contribution in [0.3, 0.4) is 0 Å². The summed E-state index contributed by atoms with van der Waals surface area (Å²) >= 11 is 0. The van der Waals surface area contributed by atoms with Crippen LogP contribution in [-0.4, -0.2) is 21.4 Å². The molecule has 1 aliphatic heterocycles. The van der Waals surface area contributed by atoms with E-state index in [0.717, 1.165) is 12.8 Å². The molecule has 2 heterocycles. The Hall–Kier alpha value is -2.55. The summed E-state index contributed by atoms with van der Waals surface area (Å²) in [6, 6.07) is 19.5. The smallest absolute Gasteiger partial charge is 0.223 e. The number of aryl methyl sites for hydroxylation is 1. The van der Waals surface area contributed by atoms with Gasteiger partial charge in [0.15, 0.2) is 0 Å². The Kier molecular flexibility index (Phi) is 4.31. The summed E-state index contributed by atoms with van der Waals surface area (Å²) < 4.78 is 2.29. The van der Waals surface area contributed by atoms with E-state index in [9.17, 15) is 4.79 Å². The third-order valence-electron chi connectivity index (χ3n) is 5.85. The van der Waals surface area contributed by atoms with E-state index in [4.69, 9.17) is 0 Å². The molecular weight excluding hydrogens is 320 g/mol. The van der Waals surface area contributed by atoms with Crippen molar-refractivity contribution in [3.05, 3.63) is 60.2 Å². The summed E-state index contributed by atoms with van der Waals surface area (Å²) in [5.74, 6) is 0.288. The Labute approximate surface area is 155 Å². The van der Waals surface area contributed by atoms with Gasteiger partial charge in [0.1, 0.15) is 0 Å². The Morgan fingerprint density at radius 3 is 2.50 bits per heavy atom. The first-order valence-electron chi connectivity index (χ1n) is 9.57. The molecular formula is C23H26N2O. The highest BCUT2D eigenvalue weighted by atomic mass is 16.2. The molecule has 2 atom stereocenters. The molecule has 0 spiro atoms. The van der Waals surface area contributed by atoms with Crippen LogP contribution >= 0.6 is 0 Å². The largest absolute Gasteiger partial charge is 0.343 e. The Bertz CT molecular complexity index is 942. The minimum absolute atomic E-state index is 0.152. The summed E-state index contributed by atoms with van der Waals surface area (Å²) in [5, 5.41) is 1.27. The minimum Gasteiger partial charge on any atom is -0.343 e. The van der Waals surface area contributed by atoms with Gasteiger partial charge < -0.3 is 9.47 Å². The van der Waals surface area contributed by atoms with Gasteiger partial charge in [-0.3, -0.25) is 4.79 Å². The highest BCUT2D eigenvalue weighted by Crippen LogP contribution is 2.44. The van der Waals surface area contributed by atoms with Crippen LogP contribution < -0.4 is 0 Å². The van der Waals surface area contributed by atoms with E-state index in [1.54, 1.807) is 0 Å². The monoisotopic (exact) mass is 346 g/mol. The molecule has 1 aliphatic rings. The van der Waals surface area contributed by atoms with Crippen molar-refractivity contribution < 1.29 is 4.79 Å². The van der Waals surface area contributed by atoms with Crippen molar-refractivity contribution in [3.8, 4) is 11.3 Å². The van der Waals surface area contributed by atoms with Crippen LogP contribution in [0.2, 0.25) is 0 Å². The van der Waals surface area contributed by atoms with Gasteiger partial charge in [-0.2, -0.15) is 0 Å². The number of para-hydroxylation sites is 1. The fourth-order valence-electron chi connectivity index (χ4n) is 4.44. The molecule has 0 saturated carbocycles. The van der Waals surface area contributed by atoms with Gasteiger partial charge in [-0.1, -0.05) is 55.5 Å². The number of hydrogen-bond acceptors (Lipinski definition) is 1. The molecule has 3 aromatic rings. The zero-order valence-electron chi connectivity index (χ0n) is 15.8. The predicted octanol–water partition coefficient (Wildman–Crippen LogP) is 5.31. The number of benzene rings is 2. The van der Waals surface area contributed by atoms with Crippen LogP contribution in [0.1, 0.15) is 44.7 Å². The molecule has 2 aromatic carbocycles. The first kappa shape index (κ1) is 16.9. The molecule has 0 N–H and O–H groups in total. The second-order valence-electron chi connectivity index (χ2n) is 7.32. The molecule has 1 aromatic heterocycles. The highest BCUT2D eigenvalue weighted by Gasteiger charge is 2.38. The third kappa shape index (κ3) is 2.54. The molecule has 3 heteroatoms. The first-order chi connectivity index (χ1) is 12.6. The van der Waals surface area contributed by atoms with Crippen molar-refractivity contribution in [2.24, 2.45) is 7.05 Å². The summed E-state index contributed by atoms with van der Waals surface area (Å²) in [4.78, 5) is 14.8. The van der Waals surface area contributed by atoms with Gasteiger partial charge in [-0.05, 0) is 31.4 Å². The number of nitrogens with zero attached hydrogens (tertiary/aromatic N) is 2. The van der Waals surface area contributed by atoms with Crippen LogP contribution in [0.25, 0.3) is 22.2 Å². The van der Waals surface area contributed by atoms with E-state index in [1.807, 2.05) is 0 Å². The van der Waals surface area contributed by atoms with Gasteiger partial charge >= 0.3 is 0 Å². The number of hydrogen-bond donors (Lipinski definition) is 0. The topological polar surface area (TPSA) is 25.2 Å². The molecule has 3 nitrogen and oxygen atoms in total. The molecule has 4 rings (SSSR count). The number of amides is 1. The van der Waals surface area contributed by atoms with Crippen LogP contribution in [0.15, 0.2) is 54.6 Å². The summed E-state index contributed by atoms with van der Waals surface area (Å²) in [6.07, 6.45) is 2.52. The van der Waals surface area contributed by atoms with Crippen molar-refractivity contribution in [1.29, 1.82) is 0 Å². The molecule has 26 heavy (non-hydrogen) atoms. The van der Waals surface area contributed by atoms with E-state index in [0.29, 0.717) is 6.42 Å². The summed E-state index contributed by atoms with van der Waals surface area (Å²) in [5.41, 5.74) is 4.98. The fourth-order valence-corrected chi connectivity index (χ4v) is 4.44. The van der Waals surface area contributed by atoms with Gasteiger partial charge in [-0.25, -0.2) is 0 Å². The lowest BCUT2D eigenvalue weighted by molar-refractivity contribution is -0.131. The molecule has 0 bridgehead atoms. The van der Waals surface area contributed by atoms with Crippen molar-refractivity contribution in [2.45, 2.75) is 45.2 Å². The molecule has 1 saturated heterocycles. The maximum absolute atomic E-state index is 12.7. The second-order valence-corrected chi connectivity index (χ2v) is 7.32. The van der Waals surface area contributed by atoms with Gasteiger partial charge in [-0.15, -0.1) is 0 Å². The molecule has 0 radical (unpaired) electrons. The number of carbonyl (C=O) groups is 1. The zero-order chi connectivity index (χ0) is 18.3. The van der Waals surface area contributed by atoms with E-state index < -0.39 is 0 Å². The molecule has 0 unspecified atom stereocenters. The number of carbonyl (C=O) groups excluding carboxylic acids is 1. The lowest BCUT2D eigenvalue weighted by Crippen LogP contribution is -2.35. The first-order valence-corrected chi connectivity index (χ1v) is 9.57. The van der Waals surface area contributed by atoms with E-state index in [2.05, 4.69) is 85.0 Å². The lowest BCUT2D eigenvalue weighted by atomic mass is 9.96. The Balaban J connectivity index is 1.98. The van der Waals surface area contributed by atoms with Crippen molar-refractivity contribution in [3.63, 3.8) is 0 Å². The van der Waals surface area contributed by atoms with Crippen molar-refractivity contribution >= 4 is 16.8 Å². The van der Waals surface area contributed by atoms with Crippen LogP contribution in [0, 0.1) is 0 Å². The fraction of sp³-hybridized carbons (Fsp3) is 0.348. The summed E-state index contributed by atoms with van der Waals surface area (Å²) in [7, 11) is 2.14. The van der Waals surface area contributed by atoms with Crippen LogP contribution in [0.5, 0.6) is 0 Å². The summed E-state index contributed by atoms with van der Waals surface area (Å²) in [6.45, 7) is 4.33. The maximum atomic E-state index is 12.7. The van der Waals surface area contributed by atoms with Gasteiger partial charge in [0.2, 0.25) is 5.91 Å². The maximum Gasteiger partial charge on any atom is 0.223 e. The van der Waals surface area contributed by atoms with Gasteiger partial charge in [0, 0.05) is 36.0 Å². The standard InChI is InChI=1S/C23H26N2O/c1-4-16(2)25-20(14-15-21(25)26)22-18-12-8-9-13-19(18)24(3)23(22)17-10-6-5-7-11-17/h5-13,16,20H,4,14-15H2,1-3H3/t16-,20+/m0/s1. The van der Waals surface area contributed by atoms with E-state index >= 15 is 0 Å². The molecule has 1 fully saturated rings. The third-order valence-corrected chi connectivity index (χ3v) is 5.85. The number of likely N-dealkylation sites (tertiary alicyclic amines) is 1. The average molecular weight is 346 g/mol. The molecule has 1 amide bonds.